The molecule has 0 aromatic heterocycles. The predicted molar refractivity (Wildman–Crippen MR) is 85.8 cm³/mol. The van der Waals surface area contributed by atoms with Gasteiger partial charge >= 0.3 is 0 Å². The number of halogens is 1. The zero-order chi connectivity index (χ0) is 15.5. The lowest BCUT2D eigenvalue weighted by molar-refractivity contribution is 0.104. The molecule has 0 saturated heterocycles. The normalized spacial score (nSPS) is 12.6. The average molecular weight is 316 g/mol. The van der Waals surface area contributed by atoms with Crippen molar-refractivity contribution < 1.29 is 14.3 Å². The van der Waals surface area contributed by atoms with Crippen LogP contribution in [0.25, 0.3) is 0 Å². The van der Waals surface area contributed by atoms with Crippen molar-refractivity contribution >= 4 is 23.1 Å². The fourth-order valence-corrected chi connectivity index (χ4v) is 2.38. The molecule has 0 saturated carbocycles. The van der Waals surface area contributed by atoms with Crippen LogP contribution in [-0.4, -0.2) is 12.6 Å². The standard InChI is InChI=1S/C17H14ClNO3/c1-11-2-4-14(13(18)8-11)19-7-6-15(20)12-3-5-16-17(9-12)22-10-21-16/h2-9,19H,10H2,1H3/b7-6+. The highest BCUT2D eigenvalue weighted by Crippen LogP contribution is 2.32. The SMILES string of the molecule is Cc1ccc(N/C=C/C(=O)c2ccc3c(c2)OCO3)c(Cl)c1. The average Bonchev–Trinajstić information content (AvgIpc) is 2.96. The van der Waals surface area contributed by atoms with Gasteiger partial charge in [-0.05, 0) is 42.8 Å². The molecule has 5 heteroatoms. The molecule has 0 atom stereocenters. The third kappa shape index (κ3) is 3.07. The van der Waals surface area contributed by atoms with Crippen LogP contribution in [0.3, 0.4) is 0 Å². The molecule has 4 nitrogen and oxygen atoms in total. The Morgan fingerprint density at radius 2 is 2.00 bits per heavy atom. The zero-order valence-electron chi connectivity index (χ0n) is 11.9. The topological polar surface area (TPSA) is 47.6 Å². The molecule has 2 aromatic rings. The summed E-state index contributed by atoms with van der Waals surface area (Å²) in [6.45, 7) is 2.16. The van der Waals surface area contributed by atoms with Crippen LogP contribution in [0.5, 0.6) is 11.5 Å². The molecular formula is C17H14ClNO3. The first-order valence-electron chi connectivity index (χ1n) is 6.77. The van der Waals surface area contributed by atoms with Crippen LogP contribution in [0.15, 0.2) is 48.7 Å². The van der Waals surface area contributed by atoms with Gasteiger partial charge in [-0.3, -0.25) is 4.79 Å². The van der Waals surface area contributed by atoms with Gasteiger partial charge in [-0.1, -0.05) is 17.7 Å². The minimum atomic E-state index is -0.131. The Kier molecular flexibility index (Phi) is 4.02. The summed E-state index contributed by atoms with van der Waals surface area (Å²) in [7, 11) is 0. The number of hydrogen-bond acceptors (Lipinski definition) is 4. The monoisotopic (exact) mass is 315 g/mol. The smallest absolute Gasteiger partial charge is 0.231 e. The summed E-state index contributed by atoms with van der Waals surface area (Å²) in [6.07, 6.45) is 3.02. The maximum atomic E-state index is 12.1. The van der Waals surface area contributed by atoms with Gasteiger partial charge in [0.1, 0.15) is 0 Å². The number of rotatable bonds is 4. The summed E-state index contributed by atoms with van der Waals surface area (Å²) < 4.78 is 10.5. The Labute approximate surface area is 133 Å². The Hall–Kier alpha value is -2.46. The highest BCUT2D eigenvalue weighted by Gasteiger charge is 2.15. The molecule has 0 fully saturated rings. The van der Waals surface area contributed by atoms with Crippen LogP contribution in [0.1, 0.15) is 15.9 Å². The maximum Gasteiger partial charge on any atom is 0.231 e. The van der Waals surface area contributed by atoms with Crippen molar-refractivity contribution in [2.45, 2.75) is 6.92 Å². The summed E-state index contributed by atoms with van der Waals surface area (Å²) in [4.78, 5) is 12.1. The van der Waals surface area contributed by atoms with E-state index in [1.165, 1.54) is 6.08 Å². The van der Waals surface area contributed by atoms with Gasteiger partial charge < -0.3 is 14.8 Å². The number of ether oxygens (including phenoxy) is 2. The van der Waals surface area contributed by atoms with Gasteiger partial charge in [0.25, 0.3) is 0 Å². The first-order chi connectivity index (χ1) is 10.6. The van der Waals surface area contributed by atoms with E-state index >= 15 is 0 Å². The van der Waals surface area contributed by atoms with Crippen molar-refractivity contribution in [2.75, 3.05) is 12.1 Å². The van der Waals surface area contributed by atoms with Crippen LogP contribution < -0.4 is 14.8 Å². The fourth-order valence-electron chi connectivity index (χ4n) is 2.09. The molecule has 0 bridgehead atoms. The molecule has 0 aliphatic carbocycles. The molecule has 0 amide bonds. The van der Waals surface area contributed by atoms with Gasteiger partial charge in [0.15, 0.2) is 17.3 Å². The maximum absolute atomic E-state index is 12.1. The number of nitrogens with one attached hydrogen (secondary N) is 1. The summed E-state index contributed by atoms with van der Waals surface area (Å²) in [5.41, 5.74) is 2.37. The predicted octanol–water partition coefficient (Wildman–Crippen LogP) is 4.19. The van der Waals surface area contributed by atoms with Crippen LogP contribution in [0.4, 0.5) is 5.69 Å². The van der Waals surface area contributed by atoms with Crippen molar-refractivity contribution in [1.82, 2.24) is 0 Å². The Balaban J connectivity index is 1.68. The van der Waals surface area contributed by atoms with Gasteiger partial charge in [0, 0.05) is 17.8 Å². The van der Waals surface area contributed by atoms with Crippen LogP contribution in [0, 0.1) is 6.92 Å². The van der Waals surface area contributed by atoms with E-state index in [2.05, 4.69) is 5.32 Å². The quantitative estimate of drug-likeness (QED) is 0.679. The molecule has 112 valence electrons. The van der Waals surface area contributed by atoms with E-state index in [1.807, 2.05) is 25.1 Å². The minimum absolute atomic E-state index is 0.131. The number of ketones is 1. The molecule has 0 radical (unpaired) electrons. The highest BCUT2D eigenvalue weighted by atomic mass is 35.5. The van der Waals surface area contributed by atoms with Gasteiger partial charge in [-0.15, -0.1) is 0 Å². The number of allylic oxidation sites excluding steroid dienone is 1. The van der Waals surface area contributed by atoms with E-state index in [0.29, 0.717) is 22.1 Å². The fraction of sp³-hybridized carbons (Fsp3) is 0.118. The highest BCUT2D eigenvalue weighted by molar-refractivity contribution is 6.33. The summed E-state index contributed by atoms with van der Waals surface area (Å²) in [6, 6.07) is 10.8. The van der Waals surface area contributed by atoms with E-state index < -0.39 is 0 Å². The van der Waals surface area contributed by atoms with Crippen molar-refractivity contribution in [3.05, 3.63) is 64.8 Å². The van der Waals surface area contributed by atoms with E-state index in [9.17, 15) is 4.79 Å². The number of aryl methyl sites for hydroxylation is 1. The number of hydrogen-bond donors (Lipinski definition) is 1. The van der Waals surface area contributed by atoms with E-state index in [1.54, 1.807) is 24.4 Å². The van der Waals surface area contributed by atoms with Crippen molar-refractivity contribution in [1.29, 1.82) is 0 Å². The molecular weight excluding hydrogens is 302 g/mol. The molecule has 1 aliphatic rings. The molecule has 0 spiro atoms. The molecule has 22 heavy (non-hydrogen) atoms. The second-order valence-electron chi connectivity index (χ2n) is 4.89. The summed E-state index contributed by atoms with van der Waals surface area (Å²) in [5.74, 6) is 1.12. The number of carbonyl (C=O) groups excluding carboxylic acids is 1. The third-order valence-corrected chi connectivity index (χ3v) is 3.57. The van der Waals surface area contributed by atoms with Gasteiger partial charge in [0.05, 0.1) is 10.7 Å². The lowest BCUT2D eigenvalue weighted by atomic mass is 10.1. The summed E-state index contributed by atoms with van der Waals surface area (Å²) in [5, 5.41) is 3.62. The van der Waals surface area contributed by atoms with Crippen molar-refractivity contribution in [2.24, 2.45) is 0 Å². The molecule has 1 aliphatic heterocycles. The van der Waals surface area contributed by atoms with E-state index in [-0.39, 0.29) is 12.6 Å². The summed E-state index contributed by atoms with van der Waals surface area (Å²) >= 11 is 6.11. The first kappa shape index (κ1) is 14.5. The van der Waals surface area contributed by atoms with Crippen LogP contribution >= 0.6 is 11.6 Å². The molecule has 0 unspecified atom stereocenters. The lowest BCUT2D eigenvalue weighted by Crippen LogP contribution is -1.97. The minimum Gasteiger partial charge on any atom is -0.454 e. The molecule has 3 rings (SSSR count). The number of benzene rings is 2. The Morgan fingerprint density at radius 3 is 2.82 bits per heavy atom. The first-order valence-corrected chi connectivity index (χ1v) is 7.14. The zero-order valence-corrected chi connectivity index (χ0v) is 12.7. The lowest BCUT2D eigenvalue weighted by Gasteiger charge is -2.04. The molecule has 1 heterocycles. The van der Waals surface area contributed by atoms with Gasteiger partial charge in [0.2, 0.25) is 6.79 Å². The van der Waals surface area contributed by atoms with Crippen molar-refractivity contribution in [3.63, 3.8) is 0 Å². The van der Waals surface area contributed by atoms with E-state index in [4.69, 9.17) is 21.1 Å². The Morgan fingerprint density at radius 1 is 1.18 bits per heavy atom. The third-order valence-electron chi connectivity index (χ3n) is 3.26. The Bertz CT molecular complexity index is 756. The second-order valence-corrected chi connectivity index (χ2v) is 5.30. The van der Waals surface area contributed by atoms with E-state index in [0.717, 1.165) is 11.3 Å². The van der Waals surface area contributed by atoms with Gasteiger partial charge in [-0.2, -0.15) is 0 Å². The van der Waals surface area contributed by atoms with Crippen LogP contribution in [-0.2, 0) is 0 Å². The van der Waals surface area contributed by atoms with Crippen LogP contribution in [0.2, 0.25) is 5.02 Å². The second kappa shape index (κ2) is 6.12. The van der Waals surface area contributed by atoms with Crippen molar-refractivity contribution in [3.8, 4) is 11.5 Å². The van der Waals surface area contributed by atoms with Gasteiger partial charge in [-0.25, -0.2) is 0 Å². The number of anilines is 1. The largest absolute Gasteiger partial charge is 0.454 e. The molecule has 2 aromatic carbocycles. The molecule has 1 N–H and O–H groups in total. The number of fused-ring (bicyclic) bond motifs is 1. The number of carbonyl (C=O) groups is 1.